The van der Waals surface area contributed by atoms with E-state index in [9.17, 15) is 14.4 Å². The molecule has 6 nitrogen and oxygen atoms in total. The standard InChI is InChI=1S/C44H45NO5S/c45-43(44(48)50-32-40-38-26-14-12-24-36(38)37-25-13-15-27-39(37)40)41(46)28-29-42(47)49-30-16-1-2-17-31-51(33-18-6-3-7-19-33,34-20-8-4-9-21-34)35-22-10-5-11-23-35/h3-15,18-27,40,43H,1-2,16-17,28-32,45H2. The summed E-state index contributed by atoms with van der Waals surface area (Å²) in [6.07, 6.45) is 3.40. The van der Waals surface area contributed by atoms with Crippen molar-refractivity contribution in [2.24, 2.45) is 5.73 Å². The molecule has 0 bridgehead atoms. The minimum atomic E-state index is -1.46. The average molecular weight is 700 g/mol. The highest BCUT2D eigenvalue weighted by Crippen LogP contribution is 2.68. The van der Waals surface area contributed by atoms with Crippen molar-refractivity contribution in [1.82, 2.24) is 0 Å². The zero-order valence-corrected chi connectivity index (χ0v) is 29.6. The lowest BCUT2D eigenvalue weighted by Crippen LogP contribution is -2.40. The first-order valence-electron chi connectivity index (χ1n) is 17.7. The van der Waals surface area contributed by atoms with E-state index in [0.717, 1.165) is 53.7 Å². The third-order valence-electron chi connectivity index (χ3n) is 9.58. The molecule has 1 aliphatic rings. The van der Waals surface area contributed by atoms with Crippen molar-refractivity contribution in [2.75, 3.05) is 19.0 Å². The van der Waals surface area contributed by atoms with Crippen LogP contribution < -0.4 is 5.73 Å². The van der Waals surface area contributed by atoms with E-state index in [4.69, 9.17) is 15.2 Å². The Morgan fingerprint density at radius 1 is 0.569 bits per heavy atom. The van der Waals surface area contributed by atoms with E-state index < -0.39 is 33.8 Å². The van der Waals surface area contributed by atoms with Crippen LogP contribution in [0.1, 0.15) is 55.6 Å². The highest BCUT2D eigenvalue weighted by Gasteiger charge is 2.32. The minimum absolute atomic E-state index is 0.0863. The molecule has 0 saturated heterocycles. The molecule has 7 heteroatoms. The van der Waals surface area contributed by atoms with Gasteiger partial charge in [0.1, 0.15) is 6.61 Å². The molecule has 1 aliphatic carbocycles. The number of esters is 2. The number of ether oxygens (including phenoxy) is 2. The Morgan fingerprint density at radius 3 is 1.57 bits per heavy atom. The lowest BCUT2D eigenvalue weighted by Gasteiger charge is -2.42. The molecule has 0 aliphatic heterocycles. The Hall–Kier alpha value is -4.98. The van der Waals surface area contributed by atoms with Crippen LogP contribution in [0, 0.1) is 0 Å². The maximum atomic E-state index is 12.7. The van der Waals surface area contributed by atoms with E-state index in [-0.39, 0.29) is 25.4 Å². The van der Waals surface area contributed by atoms with Crippen molar-refractivity contribution in [3.63, 3.8) is 0 Å². The summed E-state index contributed by atoms with van der Waals surface area (Å²) in [5, 5.41) is 0. The molecule has 262 valence electrons. The van der Waals surface area contributed by atoms with Crippen LogP contribution in [-0.2, 0) is 23.9 Å². The highest BCUT2D eigenvalue weighted by atomic mass is 32.3. The van der Waals surface area contributed by atoms with E-state index >= 15 is 0 Å². The number of rotatable bonds is 17. The van der Waals surface area contributed by atoms with Gasteiger partial charge in [-0.05, 0) is 91.9 Å². The van der Waals surface area contributed by atoms with Gasteiger partial charge in [-0.25, -0.2) is 4.79 Å². The van der Waals surface area contributed by atoms with Crippen molar-refractivity contribution in [3.8, 4) is 11.1 Å². The number of carbonyl (C=O) groups is 3. The number of ketones is 1. The Labute approximate surface area is 302 Å². The van der Waals surface area contributed by atoms with Crippen LogP contribution in [0.5, 0.6) is 0 Å². The zero-order chi connectivity index (χ0) is 35.5. The third kappa shape index (κ3) is 8.33. The summed E-state index contributed by atoms with van der Waals surface area (Å²) in [5.74, 6) is -0.891. The maximum Gasteiger partial charge on any atom is 0.330 e. The van der Waals surface area contributed by atoms with Crippen molar-refractivity contribution < 1.29 is 23.9 Å². The van der Waals surface area contributed by atoms with Gasteiger partial charge >= 0.3 is 11.9 Å². The molecule has 5 aromatic rings. The SMILES string of the molecule is NC(C(=O)CCC(=O)OCCCCCCS(c1ccccc1)(c1ccccc1)c1ccccc1)C(=O)OCC1c2ccccc2-c2ccccc21. The topological polar surface area (TPSA) is 95.7 Å². The smallest absolute Gasteiger partial charge is 0.330 e. The number of benzene rings is 5. The van der Waals surface area contributed by atoms with Crippen LogP contribution in [0.3, 0.4) is 0 Å². The molecular formula is C44H45NO5S. The van der Waals surface area contributed by atoms with Crippen LogP contribution in [0.15, 0.2) is 154 Å². The van der Waals surface area contributed by atoms with Gasteiger partial charge in [-0.3, -0.25) is 9.59 Å². The van der Waals surface area contributed by atoms with E-state index in [0.29, 0.717) is 6.61 Å². The van der Waals surface area contributed by atoms with Gasteiger partial charge in [-0.15, -0.1) is 0 Å². The Kier molecular flexibility index (Phi) is 12.2. The fraction of sp³-hybridized carbons (Fsp3) is 0.250. The quantitative estimate of drug-likeness (QED) is 0.0591. The molecular weight excluding hydrogens is 655 g/mol. The van der Waals surface area contributed by atoms with E-state index in [1.807, 2.05) is 36.4 Å². The molecule has 0 aromatic heterocycles. The van der Waals surface area contributed by atoms with Gasteiger partial charge in [-0.1, -0.05) is 116 Å². The van der Waals surface area contributed by atoms with E-state index in [1.165, 1.54) is 14.7 Å². The monoisotopic (exact) mass is 699 g/mol. The number of fused-ring (bicyclic) bond motifs is 3. The molecule has 0 fully saturated rings. The Bertz CT molecular complexity index is 1770. The maximum absolute atomic E-state index is 12.7. The second kappa shape index (κ2) is 17.3. The van der Waals surface area contributed by atoms with Crippen molar-refractivity contribution >= 4 is 27.7 Å². The molecule has 51 heavy (non-hydrogen) atoms. The van der Waals surface area contributed by atoms with Gasteiger partial charge in [0.05, 0.1) is 13.0 Å². The van der Waals surface area contributed by atoms with Gasteiger partial charge in [0, 0.05) is 12.3 Å². The molecule has 2 N–H and O–H groups in total. The number of hydrogen-bond donors (Lipinski definition) is 1. The van der Waals surface area contributed by atoms with Gasteiger partial charge in [-0.2, -0.15) is 10.0 Å². The normalized spacial score (nSPS) is 13.1. The molecule has 6 rings (SSSR count). The number of nitrogens with two attached hydrogens (primary N) is 1. The zero-order valence-electron chi connectivity index (χ0n) is 28.8. The number of hydrogen-bond acceptors (Lipinski definition) is 6. The van der Waals surface area contributed by atoms with Crippen molar-refractivity contribution in [3.05, 3.63) is 151 Å². The molecule has 0 radical (unpaired) electrons. The van der Waals surface area contributed by atoms with Crippen LogP contribution >= 0.6 is 10.0 Å². The predicted molar refractivity (Wildman–Crippen MR) is 203 cm³/mol. The number of carbonyl (C=O) groups excluding carboxylic acids is 3. The van der Waals surface area contributed by atoms with Crippen molar-refractivity contribution in [1.29, 1.82) is 0 Å². The van der Waals surface area contributed by atoms with Gasteiger partial charge < -0.3 is 15.2 Å². The third-order valence-corrected chi connectivity index (χ3v) is 13.7. The largest absolute Gasteiger partial charge is 0.466 e. The predicted octanol–water partition coefficient (Wildman–Crippen LogP) is 9.10. The molecule has 1 unspecified atom stereocenters. The summed E-state index contributed by atoms with van der Waals surface area (Å²) in [4.78, 5) is 41.9. The molecule has 1 atom stereocenters. The molecule has 0 heterocycles. The lowest BCUT2D eigenvalue weighted by molar-refractivity contribution is -0.150. The lowest BCUT2D eigenvalue weighted by atomic mass is 9.98. The molecule has 0 spiro atoms. The first-order chi connectivity index (χ1) is 25.0. The Morgan fingerprint density at radius 2 is 1.04 bits per heavy atom. The number of Topliss-reactive ketones (excluding diaryl/α,β-unsaturated/α-hetero) is 1. The molecule has 0 saturated carbocycles. The second-order valence-electron chi connectivity index (χ2n) is 12.8. The van der Waals surface area contributed by atoms with E-state index in [2.05, 4.69) is 103 Å². The summed E-state index contributed by atoms with van der Waals surface area (Å²) < 4.78 is 11.0. The van der Waals surface area contributed by atoms with Crippen LogP contribution in [0.25, 0.3) is 11.1 Å². The second-order valence-corrected chi connectivity index (χ2v) is 16.1. The summed E-state index contributed by atoms with van der Waals surface area (Å²) >= 11 is 0. The van der Waals surface area contributed by atoms with Crippen LogP contribution in [-0.4, -0.2) is 42.7 Å². The first kappa shape index (κ1) is 35.8. The van der Waals surface area contributed by atoms with Gasteiger partial charge in [0.25, 0.3) is 0 Å². The van der Waals surface area contributed by atoms with E-state index in [1.54, 1.807) is 0 Å². The van der Waals surface area contributed by atoms with Crippen LogP contribution in [0.2, 0.25) is 0 Å². The molecule has 0 amide bonds. The number of unbranched alkanes of at least 4 members (excludes halogenated alkanes) is 3. The van der Waals surface area contributed by atoms with Crippen LogP contribution in [0.4, 0.5) is 0 Å². The van der Waals surface area contributed by atoms with Gasteiger partial charge in [0.15, 0.2) is 11.8 Å². The Balaban J connectivity index is 0.926. The fourth-order valence-electron chi connectivity index (χ4n) is 6.96. The summed E-state index contributed by atoms with van der Waals surface area (Å²) in [6, 6.07) is 47.1. The first-order valence-corrected chi connectivity index (χ1v) is 19.5. The minimum Gasteiger partial charge on any atom is -0.466 e. The van der Waals surface area contributed by atoms with Gasteiger partial charge in [0.2, 0.25) is 0 Å². The summed E-state index contributed by atoms with van der Waals surface area (Å²) in [7, 11) is -1.46. The summed E-state index contributed by atoms with van der Waals surface area (Å²) in [6.45, 7) is 0.377. The fourth-order valence-corrected chi connectivity index (χ4v) is 11.0. The highest BCUT2D eigenvalue weighted by molar-refractivity contribution is 8.33. The molecule has 5 aromatic carbocycles. The average Bonchev–Trinajstić information content (AvgIpc) is 3.51. The van der Waals surface area contributed by atoms with Crippen molar-refractivity contribution in [2.45, 2.75) is 65.2 Å². The summed E-state index contributed by atoms with van der Waals surface area (Å²) in [5.41, 5.74) is 10.3.